The number of fused-ring (bicyclic) bond motifs is 1. The molecular weight excluding hydrogens is 514 g/mol. The average molecular weight is 546 g/mol. The first-order valence-corrected chi connectivity index (χ1v) is 13.2. The Hall–Kier alpha value is -4.48. The number of rotatable bonds is 9. The standard InChI is InChI=1S/C29H31N5O6/c35-28(18-30-21-10-12-33(13-11-21)19-20-4-2-1-3-5-20)32-25-8-7-23(34(37)38)17-24(25)29(36)31-22-6-9-26-27(16-22)40-15-14-39-26/h1-9,16-17,21,30H,10-15,18-19H2,(H,31,36)(H,32,35). The van der Waals surface area contributed by atoms with E-state index in [1.165, 1.54) is 17.7 Å². The third kappa shape index (κ3) is 6.93. The summed E-state index contributed by atoms with van der Waals surface area (Å²) in [4.78, 5) is 39.1. The van der Waals surface area contributed by atoms with Gasteiger partial charge in [0, 0.05) is 36.5 Å². The Bertz CT molecular complexity index is 1370. The number of carbonyl (C=O) groups is 2. The van der Waals surface area contributed by atoms with E-state index in [2.05, 4.69) is 33.0 Å². The number of hydrogen-bond donors (Lipinski definition) is 3. The maximum atomic E-state index is 13.1. The molecule has 0 bridgehead atoms. The number of carbonyl (C=O) groups excluding carboxylic acids is 2. The third-order valence-electron chi connectivity index (χ3n) is 6.92. The quantitative estimate of drug-likeness (QED) is 0.273. The maximum Gasteiger partial charge on any atom is 0.270 e. The number of nitro benzene ring substituents is 1. The predicted molar refractivity (Wildman–Crippen MR) is 150 cm³/mol. The van der Waals surface area contributed by atoms with E-state index in [0.29, 0.717) is 30.4 Å². The van der Waals surface area contributed by atoms with E-state index in [4.69, 9.17) is 9.47 Å². The van der Waals surface area contributed by atoms with Crippen molar-refractivity contribution in [2.75, 3.05) is 43.5 Å². The van der Waals surface area contributed by atoms with E-state index in [9.17, 15) is 19.7 Å². The highest BCUT2D eigenvalue weighted by Crippen LogP contribution is 2.33. The molecule has 1 saturated heterocycles. The first-order valence-electron chi connectivity index (χ1n) is 13.2. The van der Waals surface area contributed by atoms with E-state index in [1.807, 2.05) is 18.2 Å². The lowest BCUT2D eigenvalue weighted by molar-refractivity contribution is -0.384. The van der Waals surface area contributed by atoms with Crippen molar-refractivity contribution < 1.29 is 24.0 Å². The molecule has 2 amide bonds. The van der Waals surface area contributed by atoms with Crippen molar-refractivity contribution >= 4 is 28.9 Å². The second kappa shape index (κ2) is 12.6. The number of benzene rings is 3. The summed E-state index contributed by atoms with van der Waals surface area (Å²) < 4.78 is 11.1. The minimum absolute atomic E-state index is 0.0216. The van der Waals surface area contributed by atoms with E-state index in [0.717, 1.165) is 38.5 Å². The maximum absolute atomic E-state index is 13.1. The van der Waals surface area contributed by atoms with Crippen LogP contribution in [-0.2, 0) is 11.3 Å². The molecule has 11 nitrogen and oxygen atoms in total. The van der Waals surface area contributed by atoms with Gasteiger partial charge in [0.05, 0.1) is 22.7 Å². The SMILES string of the molecule is O=C(CNC1CCN(Cc2ccccc2)CC1)Nc1ccc([N+](=O)[O-])cc1C(=O)Nc1ccc2c(c1)OCCO2. The van der Waals surface area contributed by atoms with E-state index in [1.54, 1.807) is 18.2 Å². The second-order valence-corrected chi connectivity index (χ2v) is 9.76. The highest BCUT2D eigenvalue weighted by atomic mass is 16.6. The van der Waals surface area contributed by atoms with Crippen molar-refractivity contribution in [3.63, 3.8) is 0 Å². The number of ether oxygens (including phenoxy) is 2. The van der Waals surface area contributed by atoms with Crippen molar-refractivity contribution in [3.8, 4) is 11.5 Å². The van der Waals surface area contributed by atoms with Crippen molar-refractivity contribution in [1.82, 2.24) is 10.2 Å². The summed E-state index contributed by atoms with van der Waals surface area (Å²) in [6, 6.07) is 19.3. The molecule has 2 aliphatic rings. The Balaban J connectivity index is 1.17. The molecule has 1 fully saturated rings. The molecular formula is C29H31N5O6. The number of non-ortho nitro benzene ring substituents is 1. The first kappa shape index (κ1) is 27.1. The van der Waals surface area contributed by atoms with Crippen LogP contribution in [0.1, 0.15) is 28.8 Å². The molecule has 208 valence electrons. The number of piperidine rings is 1. The van der Waals surface area contributed by atoms with Gasteiger partial charge in [-0.25, -0.2) is 0 Å². The molecule has 3 aromatic rings. The molecule has 0 aromatic heterocycles. The van der Waals surface area contributed by atoms with Gasteiger partial charge in [0.1, 0.15) is 13.2 Å². The van der Waals surface area contributed by atoms with Crippen LogP contribution in [0.5, 0.6) is 11.5 Å². The zero-order valence-electron chi connectivity index (χ0n) is 21.9. The smallest absolute Gasteiger partial charge is 0.270 e. The van der Waals surface area contributed by atoms with Crippen LogP contribution >= 0.6 is 0 Å². The van der Waals surface area contributed by atoms with Crippen molar-refractivity contribution in [1.29, 1.82) is 0 Å². The lowest BCUT2D eigenvalue weighted by Gasteiger charge is -2.32. The van der Waals surface area contributed by atoms with Crippen LogP contribution in [0.2, 0.25) is 0 Å². The van der Waals surface area contributed by atoms with Crippen molar-refractivity contribution in [2.24, 2.45) is 0 Å². The Morgan fingerprint density at radius 3 is 2.42 bits per heavy atom. The second-order valence-electron chi connectivity index (χ2n) is 9.76. The Morgan fingerprint density at radius 2 is 1.68 bits per heavy atom. The molecule has 3 N–H and O–H groups in total. The van der Waals surface area contributed by atoms with Gasteiger partial charge >= 0.3 is 0 Å². The molecule has 0 atom stereocenters. The van der Waals surface area contributed by atoms with Gasteiger partial charge < -0.3 is 25.4 Å². The first-order chi connectivity index (χ1) is 19.4. The molecule has 3 aromatic carbocycles. The van der Waals surface area contributed by atoms with Crippen LogP contribution in [0, 0.1) is 10.1 Å². The fourth-order valence-electron chi connectivity index (χ4n) is 4.83. The predicted octanol–water partition coefficient (Wildman–Crippen LogP) is 3.81. The molecule has 0 unspecified atom stereocenters. The number of amides is 2. The van der Waals surface area contributed by atoms with Gasteiger partial charge in [-0.2, -0.15) is 0 Å². The van der Waals surface area contributed by atoms with Crippen LogP contribution in [0.25, 0.3) is 0 Å². The summed E-state index contributed by atoms with van der Waals surface area (Å²) in [5.41, 5.74) is 1.62. The lowest BCUT2D eigenvalue weighted by atomic mass is 10.0. The number of nitrogens with zero attached hydrogens (tertiary/aromatic N) is 2. The highest BCUT2D eigenvalue weighted by Gasteiger charge is 2.22. The fraction of sp³-hybridized carbons (Fsp3) is 0.310. The largest absolute Gasteiger partial charge is 0.486 e. The Kier molecular flexibility index (Phi) is 8.53. The molecule has 0 aliphatic carbocycles. The van der Waals surface area contributed by atoms with Gasteiger partial charge in [0.2, 0.25) is 5.91 Å². The minimum atomic E-state index is -0.602. The summed E-state index contributed by atoms with van der Waals surface area (Å²) in [5.74, 6) is 0.124. The van der Waals surface area contributed by atoms with E-state index in [-0.39, 0.29) is 35.4 Å². The third-order valence-corrected chi connectivity index (χ3v) is 6.92. The van der Waals surface area contributed by atoms with Crippen molar-refractivity contribution in [3.05, 3.63) is 88.0 Å². The van der Waals surface area contributed by atoms with Gasteiger partial charge in [-0.15, -0.1) is 0 Å². The minimum Gasteiger partial charge on any atom is -0.486 e. The molecule has 0 saturated carbocycles. The summed E-state index contributed by atoms with van der Waals surface area (Å²) in [5, 5.41) is 20.1. The number of hydrogen-bond acceptors (Lipinski definition) is 8. The number of nitro groups is 1. The van der Waals surface area contributed by atoms with Crippen LogP contribution < -0.4 is 25.4 Å². The Morgan fingerprint density at radius 1 is 0.925 bits per heavy atom. The molecule has 40 heavy (non-hydrogen) atoms. The molecule has 0 radical (unpaired) electrons. The van der Waals surface area contributed by atoms with Crippen LogP contribution in [0.15, 0.2) is 66.7 Å². The monoisotopic (exact) mass is 545 g/mol. The van der Waals surface area contributed by atoms with Crippen LogP contribution in [-0.4, -0.2) is 60.5 Å². The summed E-state index contributed by atoms with van der Waals surface area (Å²) in [6.45, 7) is 3.67. The normalized spacial score (nSPS) is 15.3. The summed E-state index contributed by atoms with van der Waals surface area (Å²) >= 11 is 0. The van der Waals surface area contributed by atoms with Gasteiger partial charge in [0.15, 0.2) is 11.5 Å². The van der Waals surface area contributed by atoms with Gasteiger partial charge in [-0.1, -0.05) is 30.3 Å². The lowest BCUT2D eigenvalue weighted by Crippen LogP contribution is -2.44. The van der Waals surface area contributed by atoms with E-state index < -0.39 is 10.8 Å². The number of anilines is 2. The topological polar surface area (TPSA) is 135 Å². The Labute approximate surface area is 231 Å². The van der Waals surface area contributed by atoms with Crippen LogP contribution in [0.3, 0.4) is 0 Å². The molecule has 2 heterocycles. The molecule has 2 aliphatic heterocycles. The zero-order chi connectivity index (χ0) is 27.9. The number of nitrogens with one attached hydrogen (secondary N) is 3. The highest BCUT2D eigenvalue weighted by molar-refractivity contribution is 6.10. The summed E-state index contributed by atoms with van der Waals surface area (Å²) in [6.07, 6.45) is 1.83. The molecule has 5 rings (SSSR count). The molecule has 11 heteroatoms. The molecule has 0 spiro atoms. The van der Waals surface area contributed by atoms with Gasteiger partial charge in [-0.05, 0) is 49.7 Å². The zero-order valence-corrected chi connectivity index (χ0v) is 21.9. The van der Waals surface area contributed by atoms with Crippen LogP contribution in [0.4, 0.5) is 17.1 Å². The summed E-state index contributed by atoms with van der Waals surface area (Å²) in [7, 11) is 0. The van der Waals surface area contributed by atoms with E-state index >= 15 is 0 Å². The average Bonchev–Trinajstić information content (AvgIpc) is 2.97. The fourth-order valence-corrected chi connectivity index (χ4v) is 4.83. The number of likely N-dealkylation sites (tertiary alicyclic amines) is 1. The van der Waals surface area contributed by atoms with Gasteiger partial charge in [0.25, 0.3) is 11.6 Å². The van der Waals surface area contributed by atoms with Crippen molar-refractivity contribution in [2.45, 2.75) is 25.4 Å². The van der Waals surface area contributed by atoms with Gasteiger partial charge in [-0.3, -0.25) is 24.6 Å².